The predicted molar refractivity (Wildman–Crippen MR) is 70.1 cm³/mol. The Kier molecular flexibility index (Phi) is 4.17. The van der Waals surface area contributed by atoms with Crippen LogP contribution in [0, 0.1) is 0 Å². The number of halogens is 1. The SMILES string of the molecule is O=C(N[C@@H]1CCCCNC1=O)c1ccc(Br)s1. The Balaban J connectivity index is 1.99. The maximum absolute atomic E-state index is 11.9. The first kappa shape index (κ1) is 12.6. The molecule has 17 heavy (non-hydrogen) atoms. The van der Waals surface area contributed by atoms with Gasteiger partial charge in [-0.05, 0) is 47.3 Å². The number of carbonyl (C=O) groups is 2. The zero-order valence-electron chi connectivity index (χ0n) is 9.16. The van der Waals surface area contributed by atoms with Gasteiger partial charge < -0.3 is 10.6 Å². The first-order valence-electron chi connectivity index (χ1n) is 5.51. The Hall–Kier alpha value is -0.880. The van der Waals surface area contributed by atoms with Crippen molar-refractivity contribution in [2.45, 2.75) is 25.3 Å². The van der Waals surface area contributed by atoms with Crippen LogP contribution in [0.3, 0.4) is 0 Å². The van der Waals surface area contributed by atoms with Gasteiger partial charge in [-0.3, -0.25) is 9.59 Å². The molecule has 2 N–H and O–H groups in total. The van der Waals surface area contributed by atoms with Crippen LogP contribution in [0.4, 0.5) is 0 Å². The number of nitrogens with one attached hydrogen (secondary N) is 2. The van der Waals surface area contributed by atoms with Gasteiger partial charge in [0.2, 0.25) is 5.91 Å². The second-order valence-corrected chi connectivity index (χ2v) is 6.38. The number of thiophene rings is 1. The number of carbonyl (C=O) groups excluding carboxylic acids is 2. The van der Waals surface area contributed by atoms with Crippen LogP contribution in [-0.2, 0) is 4.79 Å². The van der Waals surface area contributed by atoms with Gasteiger partial charge in [-0.2, -0.15) is 0 Å². The Morgan fingerprint density at radius 2 is 2.29 bits per heavy atom. The Labute approximate surface area is 112 Å². The fourth-order valence-corrected chi connectivity index (χ4v) is 3.03. The van der Waals surface area contributed by atoms with E-state index in [1.165, 1.54) is 11.3 Å². The lowest BCUT2D eigenvalue weighted by molar-refractivity contribution is -0.122. The van der Waals surface area contributed by atoms with E-state index < -0.39 is 6.04 Å². The Morgan fingerprint density at radius 1 is 1.47 bits per heavy atom. The van der Waals surface area contributed by atoms with Crippen molar-refractivity contribution in [2.75, 3.05) is 6.54 Å². The van der Waals surface area contributed by atoms with Crippen LogP contribution in [0.15, 0.2) is 15.9 Å². The molecule has 92 valence electrons. The molecule has 1 aromatic heterocycles. The van der Waals surface area contributed by atoms with Gasteiger partial charge in [0.25, 0.3) is 5.91 Å². The first-order valence-corrected chi connectivity index (χ1v) is 7.11. The van der Waals surface area contributed by atoms with Gasteiger partial charge in [-0.1, -0.05) is 0 Å². The van der Waals surface area contributed by atoms with E-state index in [2.05, 4.69) is 26.6 Å². The van der Waals surface area contributed by atoms with Crippen molar-refractivity contribution in [1.29, 1.82) is 0 Å². The van der Waals surface area contributed by atoms with E-state index in [-0.39, 0.29) is 11.8 Å². The summed E-state index contributed by atoms with van der Waals surface area (Å²) in [6.45, 7) is 0.704. The van der Waals surface area contributed by atoms with Crippen LogP contribution >= 0.6 is 27.3 Å². The molecule has 1 aromatic rings. The molecule has 0 spiro atoms. The molecule has 2 amide bonds. The Bertz CT molecular complexity index is 433. The normalized spacial score (nSPS) is 20.5. The fraction of sp³-hybridized carbons (Fsp3) is 0.455. The molecule has 1 aliphatic heterocycles. The first-order chi connectivity index (χ1) is 8.16. The summed E-state index contributed by atoms with van der Waals surface area (Å²) >= 11 is 4.67. The number of hydrogen-bond acceptors (Lipinski definition) is 3. The van der Waals surface area contributed by atoms with Gasteiger partial charge in [-0.15, -0.1) is 11.3 Å². The summed E-state index contributed by atoms with van der Waals surface area (Å²) in [7, 11) is 0. The molecule has 1 saturated heterocycles. The molecule has 0 aliphatic carbocycles. The number of hydrogen-bond donors (Lipinski definition) is 2. The monoisotopic (exact) mass is 316 g/mol. The van der Waals surface area contributed by atoms with E-state index in [1.807, 2.05) is 6.07 Å². The minimum absolute atomic E-state index is 0.0773. The third-order valence-corrected chi connectivity index (χ3v) is 4.26. The summed E-state index contributed by atoms with van der Waals surface area (Å²) in [6.07, 6.45) is 2.64. The van der Waals surface area contributed by atoms with Gasteiger partial charge in [0.1, 0.15) is 6.04 Å². The highest BCUT2D eigenvalue weighted by Crippen LogP contribution is 2.22. The third-order valence-electron chi connectivity index (χ3n) is 2.64. The van der Waals surface area contributed by atoms with E-state index in [9.17, 15) is 9.59 Å². The smallest absolute Gasteiger partial charge is 0.262 e. The van der Waals surface area contributed by atoms with Crippen molar-refractivity contribution < 1.29 is 9.59 Å². The molecule has 0 bridgehead atoms. The van der Waals surface area contributed by atoms with E-state index in [0.29, 0.717) is 17.8 Å². The second kappa shape index (κ2) is 5.64. The van der Waals surface area contributed by atoms with Gasteiger partial charge in [0, 0.05) is 6.54 Å². The maximum Gasteiger partial charge on any atom is 0.262 e. The fourth-order valence-electron chi connectivity index (χ4n) is 1.74. The summed E-state index contributed by atoms with van der Waals surface area (Å²) in [5.41, 5.74) is 0. The molecule has 1 aliphatic rings. The maximum atomic E-state index is 11.9. The summed E-state index contributed by atoms with van der Waals surface area (Å²) in [4.78, 5) is 24.2. The minimum atomic E-state index is -0.397. The van der Waals surface area contributed by atoms with Crippen molar-refractivity contribution in [3.8, 4) is 0 Å². The highest BCUT2D eigenvalue weighted by Gasteiger charge is 2.23. The van der Waals surface area contributed by atoms with E-state index in [1.54, 1.807) is 6.07 Å². The molecule has 0 unspecified atom stereocenters. The van der Waals surface area contributed by atoms with E-state index >= 15 is 0 Å². The van der Waals surface area contributed by atoms with Crippen molar-refractivity contribution in [2.24, 2.45) is 0 Å². The Morgan fingerprint density at radius 3 is 3.00 bits per heavy atom. The lowest BCUT2D eigenvalue weighted by Gasteiger charge is -2.14. The zero-order chi connectivity index (χ0) is 12.3. The summed E-state index contributed by atoms with van der Waals surface area (Å²) in [5.74, 6) is -0.255. The van der Waals surface area contributed by atoms with E-state index in [0.717, 1.165) is 16.6 Å². The molecule has 0 saturated carbocycles. The van der Waals surface area contributed by atoms with Crippen molar-refractivity contribution in [3.05, 3.63) is 20.8 Å². The molecule has 2 heterocycles. The highest BCUT2D eigenvalue weighted by atomic mass is 79.9. The third kappa shape index (κ3) is 3.29. The van der Waals surface area contributed by atoms with Gasteiger partial charge in [0.15, 0.2) is 0 Å². The number of amides is 2. The lowest BCUT2D eigenvalue weighted by atomic mass is 10.1. The lowest BCUT2D eigenvalue weighted by Crippen LogP contribution is -2.45. The van der Waals surface area contributed by atoms with Gasteiger partial charge in [-0.25, -0.2) is 0 Å². The standard InChI is InChI=1S/C11H13BrN2O2S/c12-9-5-4-8(17-9)11(16)14-7-3-1-2-6-13-10(7)15/h4-5,7H,1-3,6H2,(H,13,15)(H,14,16)/t7-/m1/s1. The molecule has 4 nitrogen and oxygen atoms in total. The molecule has 0 aromatic carbocycles. The summed E-state index contributed by atoms with van der Waals surface area (Å²) < 4.78 is 0.910. The van der Waals surface area contributed by atoms with Crippen LogP contribution in [0.1, 0.15) is 28.9 Å². The van der Waals surface area contributed by atoms with Gasteiger partial charge in [0.05, 0.1) is 8.66 Å². The van der Waals surface area contributed by atoms with Crippen molar-refractivity contribution >= 4 is 39.1 Å². The quantitative estimate of drug-likeness (QED) is 0.875. The molecule has 2 rings (SSSR count). The molecular formula is C11H13BrN2O2S. The minimum Gasteiger partial charge on any atom is -0.354 e. The molecular weight excluding hydrogens is 304 g/mol. The second-order valence-electron chi connectivity index (χ2n) is 3.92. The van der Waals surface area contributed by atoms with Crippen LogP contribution in [0.25, 0.3) is 0 Å². The summed E-state index contributed by atoms with van der Waals surface area (Å²) in [6, 6.07) is 3.18. The van der Waals surface area contributed by atoms with Crippen molar-refractivity contribution in [3.63, 3.8) is 0 Å². The van der Waals surface area contributed by atoms with Crippen LogP contribution in [-0.4, -0.2) is 24.4 Å². The average molecular weight is 317 g/mol. The summed E-state index contributed by atoms with van der Waals surface area (Å²) in [5, 5.41) is 5.57. The predicted octanol–water partition coefficient (Wildman–Crippen LogP) is 1.91. The molecule has 6 heteroatoms. The van der Waals surface area contributed by atoms with Crippen LogP contribution in [0.5, 0.6) is 0 Å². The van der Waals surface area contributed by atoms with Crippen LogP contribution in [0.2, 0.25) is 0 Å². The average Bonchev–Trinajstić information content (AvgIpc) is 2.63. The number of rotatable bonds is 2. The highest BCUT2D eigenvalue weighted by molar-refractivity contribution is 9.11. The largest absolute Gasteiger partial charge is 0.354 e. The van der Waals surface area contributed by atoms with Crippen LogP contribution < -0.4 is 10.6 Å². The molecule has 1 fully saturated rings. The molecule has 1 atom stereocenters. The molecule has 0 radical (unpaired) electrons. The van der Waals surface area contributed by atoms with E-state index in [4.69, 9.17) is 0 Å². The van der Waals surface area contributed by atoms with Gasteiger partial charge >= 0.3 is 0 Å². The van der Waals surface area contributed by atoms with Crippen molar-refractivity contribution in [1.82, 2.24) is 10.6 Å². The topological polar surface area (TPSA) is 58.2 Å². The zero-order valence-corrected chi connectivity index (χ0v) is 11.6.